The highest BCUT2D eigenvalue weighted by atomic mass is 16.5. The lowest BCUT2D eigenvalue weighted by Crippen LogP contribution is -2.51. The highest BCUT2D eigenvalue weighted by molar-refractivity contribution is 5.96. The van der Waals surface area contributed by atoms with Crippen LogP contribution >= 0.6 is 0 Å². The Morgan fingerprint density at radius 2 is 2.08 bits per heavy atom. The molecular weight excluding hydrogens is 306 g/mol. The number of benzene rings is 1. The molecule has 0 N–H and O–H groups in total. The van der Waals surface area contributed by atoms with Gasteiger partial charge in [-0.15, -0.1) is 0 Å². The van der Waals surface area contributed by atoms with E-state index in [-0.39, 0.29) is 24.2 Å². The number of hydrogen-bond acceptors (Lipinski definition) is 4. The van der Waals surface area contributed by atoms with Crippen LogP contribution in [0.4, 0.5) is 0 Å². The standard InChI is InChI=1S/C18H21N3O3/c1-14(21-9-5-8-19-21)18(23)20-10-11-24-13-16(20)12-17(22)15-6-3-2-4-7-15/h2-9,14,16H,10-13H2,1H3/t14-,16-/m0/s1. The molecule has 1 saturated heterocycles. The van der Waals surface area contributed by atoms with E-state index in [4.69, 9.17) is 4.74 Å². The number of carbonyl (C=O) groups is 2. The molecule has 1 fully saturated rings. The number of morpholine rings is 1. The van der Waals surface area contributed by atoms with Crippen molar-refractivity contribution >= 4 is 11.7 Å². The van der Waals surface area contributed by atoms with Crippen molar-refractivity contribution in [1.29, 1.82) is 0 Å². The van der Waals surface area contributed by atoms with E-state index in [2.05, 4.69) is 5.10 Å². The van der Waals surface area contributed by atoms with Crippen molar-refractivity contribution in [1.82, 2.24) is 14.7 Å². The molecule has 0 saturated carbocycles. The fourth-order valence-corrected chi connectivity index (χ4v) is 2.93. The first-order chi connectivity index (χ1) is 11.7. The van der Waals surface area contributed by atoms with Crippen LogP contribution in [0.1, 0.15) is 29.7 Å². The van der Waals surface area contributed by atoms with E-state index in [1.165, 1.54) is 0 Å². The maximum atomic E-state index is 12.8. The number of amides is 1. The second kappa shape index (κ2) is 7.40. The first-order valence-electron chi connectivity index (χ1n) is 8.12. The van der Waals surface area contributed by atoms with Crippen LogP contribution in [-0.4, -0.2) is 52.2 Å². The summed E-state index contributed by atoms with van der Waals surface area (Å²) in [6, 6.07) is 10.3. The van der Waals surface area contributed by atoms with Crippen molar-refractivity contribution < 1.29 is 14.3 Å². The van der Waals surface area contributed by atoms with Crippen molar-refractivity contribution in [2.24, 2.45) is 0 Å². The normalized spacial score (nSPS) is 19.0. The van der Waals surface area contributed by atoms with Gasteiger partial charge in [0.15, 0.2) is 5.78 Å². The molecule has 1 amide bonds. The lowest BCUT2D eigenvalue weighted by Gasteiger charge is -2.36. The van der Waals surface area contributed by atoms with Crippen molar-refractivity contribution in [2.75, 3.05) is 19.8 Å². The van der Waals surface area contributed by atoms with Gasteiger partial charge >= 0.3 is 0 Å². The Morgan fingerprint density at radius 1 is 1.29 bits per heavy atom. The summed E-state index contributed by atoms with van der Waals surface area (Å²) in [7, 11) is 0. The van der Waals surface area contributed by atoms with Gasteiger partial charge in [-0.1, -0.05) is 30.3 Å². The summed E-state index contributed by atoms with van der Waals surface area (Å²) in [5.74, 6) is -0.0106. The minimum absolute atomic E-state index is 0.0237. The Balaban J connectivity index is 1.71. The Labute approximate surface area is 141 Å². The molecule has 1 aliphatic rings. The summed E-state index contributed by atoms with van der Waals surface area (Å²) in [4.78, 5) is 27.1. The minimum Gasteiger partial charge on any atom is -0.377 e. The second-order valence-electron chi connectivity index (χ2n) is 5.92. The monoisotopic (exact) mass is 327 g/mol. The summed E-state index contributed by atoms with van der Waals surface area (Å²) in [6.45, 7) is 3.20. The zero-order valence-corrected chi connectivity index (χ0v) is 13.7. The molecule has 1 aliphatic heterocycles. The molecule has 1 aromatic heterocycles. The van der Waals surface area contributed by atoms with Crippen molar-refractivity contribution in [2.45, 2.75) is 25.4 Å². The van der Waals surface area contributed by atoms with Crippen LogP contribution in [0.5, 0.6) is 0 Å². The van der Waals surface area contributed by atoms with E-state index in [9.17, 15) is 9.59 Å². The van der Waals surface area contributed by atoms with Gasteiger partial charge in [0.2, 0.25) is 5.91 Å². The summed E-state index contributed by atoms with van der Waals surface area (Å²) in [6.07, 6.45) is 3.69. The topological polar surface area (TPSA) is 64.4 Å². The highest BCUT2D eigenvalue weighted by Gasteiger charge is 2.32. The van der Waals surface area contributed by atoms with E-state index in [0.29, 0.717) is 25.3 Å². The third-order valence-corrected chi connectivity index (χ3v) is 4.31. The van der Waals surface area contributed by atoms with E-state index >= 15 is 0 Å². The number of ketones is 1. The number of Topliss-reactive ketones (excluding diaryl/α,β-unsaturated/α-hetero) is 1. The summed E-state index contributed by atoms with van der Waals surface area (Å²) >= 11 is 0. The van der Waals surface area contributed by atoms with Crippen LogP contribution in [-0.2, 0) is 9.53 Å². The van der Waals surface area contributed by atoms with Gasteiger partial charge < -0.3 is 9.64 Å². The van der Waals surface area contributed by atoms with Crippen molar-refractivity contribution in [3.63, 3.8) is 0 Å². The Hall–Kier alpha value is -2.47. The lowest BCUT2D eigenvalue weighted by atomic mass is 10.0. The van der Waals surface area contributed by atoms with E-state index < -0.39 is 6.04 Å². The number of carbonyl (C=O) groups excluding carboxylic acids is 2. The van der Waals surface area contributed by atoms with Gasteiger partial charge in [-0.05, 0) is 13.0 Å². The Morgan fingerprint density at radius 3 is 2.79 bits per heavy atom. The van der Waals surface area contributed by atoms with Gasteiger partial charge in [-0.2, -0.15) is 5.10 Å². The molecule has 3 rings (SSSR count). The number of hydrogen-bond donors (Lipinski definition) is 0. The molecule has 1 aromatic carbocycles. The first kappa shape index (κ1) is 16.4. The average molecular weight is 327 g/mol. The Bertz CT molecular complexity index is 685. The molecular formula is C18H21N3O3. The molecule has 0 radical (unpaired) electrons. The van der Waals surface area contributed by atoms with Gasteiger partial charge in [-0.25, -0.2) is 0 Å². The minimum atomic E-state index is -0.396. The number of aromatic nitrogens is 2. The van der Waals surface area contributed by atoms with Gasteiger partial charge in [0.1, 0.15) is 6.04 Å². The molecule has 6 nitrogen and oxygen atoms in total. The average Bonchev–Trinajstić information content (AvgIpc) is 3.16. The zero-order chi connectivity index (χ0) is 16.9. The predicted molar refractivity (Wildman–Crippen MR) is 88.6 cm³/mol. The highest BCUT2D eigenvalue weighted by Crippen LogP contribution is 2.18. The fourth-order valence-electron chi connectivity index (χ4n) is 2.93. The number of nitrogens with zero attached hydrogens (tertiary/aromatic N) is 3. The molecule has 6 heteroatoms. The molecule has 0 spiro atoms. The molecule has 2 atom stereocenters. The maximum absolute atomic E-state index is 12.8. The molecule has 0 unspecified atom stereocenters. The molecule has 2 aromatic rings. The zero-order valence-electron chi connectivity index (χ0n) is 13.7. The summed E-state index contributed by atoms with van der Waals surface area (Å²) in [5.41, 5.74) is 0.663. The van der Waals surface area contributed by atoms with Gasteiger partial charge in [-0.3, -0.25) is 14.3 Å². The number of rotatable bonds is 5. The van der Waals surface area contributed by atoms with Crippen LogP contribution < -0.4 is 0 Å². The predicted octanol–water partition coefficient (Wildman–Crippen LogP) is 1.94. The number of ether oxygens (including phenoxy) is 1. The maximum Gasteiger partial charge on any atom is 0.247 e. The van der Waals surface area contributed by atoms with Crippen LogP contribution in [0.15, 0.2) is 48.8 Å². The Kier molecular flexibility index (Phi) is 5.05. The molecule has 0 bridgehead atoms. The smallest absolute Gasteiger partial charge is 0.247 e. The summed E-state index contributed by atoms with van der Waals surface area (Å²) in [5, 5.41) is 4.14. The van der Waals surface area contributed by atoms with Crippen molar-refractivity contribution in [3.8, 4) is 0 Å². The van der Waals surface area contributed by atoms with E-state index in [0.717, 1.165) is 0 Å². The van der Waals surface area contributed by atoms with Gasteiger partial charge in [0.05, 0.1) is 19.3 Å². The lowest BCUT2D eigenvalue weighted by molar-refractivity contribution is -0.143. The van der Waals surface area contributed by atoms with Crippen LogP contribution in [0.25, 0.3) is 0 Å². The molecule has 126 valence electrons. The van der Waals surface area contributed by atoms with E-state index in [1.54, 1.807) is 40.2 Å². The summed E-state index contributed by atoms with van der Waals surface area (Å²) < 4.78 is 7.13. The molecule has 24 heavy (non-hydrogen) atoms. The van der Waals surface area contributed by atoms with Gasteiger partial charge in [0, 0.05) is 30.9 Å². The van der Waals surface area contributed by atoms with Crippen molar-refractivity contribution in [3.05, 3.63) is 54.4 Å². The largest absolute Gasteiger partial charge is 0.377 e. The van der Waals surface area contributed by atoms with Crippen LogP contribution in [0.3, 0.4) is 0 Å². The first-order valence-corrected chi connectivity index (χ1v) is 8.12. The second-order valence-corrected chi connectivity index (χ2v) is 5.92. The van der Waals surface area contributed by atoms with E-state index in [1.807, 2.05) is 25.1 Å². The van der Waals surface area contributed by atoms with Gasteiger partial charge in [0.25, 0.3) is 0 Å². The van der Waals surface area contributed by atoms with Crippen LogP contribution in [0, 0.1) is 0 Å². The van der Waals surface area contributed by atoms with Crippen LogP contribution in [0.2, 0.25) is 0 Å². The SMILES string of the molecule is C[C@@H](C(=O)N1CCOC[C@@H]1CC(=O)c1ccccc1)n1cccn1. The molecule has 2 heterocycles. The quantitative estimate of drug-likeness (QED) is 0.787. The molecule has 0 aliphatic carbocycles. The third-order valence-electron chi connectivity index (χ3n) is 4.31. The third kappa shape index (κ3) is 3.54. The fraction of sp³-hybridized carbons (Fsp3) is 0.389.